The normalized spacial score (nSPS) is 15.0. The largest absolute Gasteiger partial charge is 0.383 e. The molecule has 0 saturated carbocycles. The molecule has 0 spiro atoms. The summed E-state index contributed by atoms with van der Waals surface area (Å²) in [5, 5.41) is 11.4. The Bertz CT molecular complexity index is 1020. The fourth-order valence-electron chi connectivity index (χ4n) is 2.77. The van der Waals surface area contributed by atoms with E-state index in [1.165, 1.54) is 0 Å². The molecular formula is C18H16Br2N6O. The predicted molar refractivity (Wildman–Crippen MR) is 112 cm³/mol. The van der Waals surface area contributed by atoms with Gasteiger partial charge in [-0.1, -0.05) is 37.1 Å². The van der Waals surface area contributed by atoms with Gasteiger partial charge in [-0.2, -0.15) is 0 Å². The van der Waals surface area contributed by atoms with Gasteiger partial charge in [0.2, 0.25) is 0 Å². The van der Waals surface area contributed by atoms with E-state index in [2.05, 4.69) is 52.2 Å². The Hall–Kier alpha value is -2.10. The van der Waals surface area contributed by atoms with Gasteiger partial charge in [-0.3, -0.25) is 5.01 Å². The van der Waals surface area contributed by atoms with E-state index in [1.807, 2.05) is 41.4 Å². The zero-order valence-corrected chi connectivity index (χ0v) is 17.4. The number of benzene rings is 2. The van der Waals surface area contributed by atoms with E-state index < -0.39 is 0 Å². The van der Waals surface area contributed by atoms with Crippen LogP contribution in [0.2, 0.25) is 0 Å². The highest BCUT2D eigenvalue weighted by molar-refractivity contribution is 9.10. The molecular weight excluding hydrogens is 476 g/mol. The highest BCUT2D eigenvalue weighted by atomic mass is 79.9. The lowest BCUT2D eigenvalue weighted by Crippen LogP contribution is -2.31. The van der Waals surface area contributed by atoms with Crippen molar-refractivity contribution in [3.63, 3.8) is 0 Å². The SMILES string of the molecule is Nc1nc(-c2cc(Br)ccc2N=NN2CCOCC2)nc2ccc(Br)cc12. The van der Waals surface area contributed by atoms with Gasteiger partial charge in [0.25, 0.3) is 0 Å². The number of nitrogens with two attached hydrogens (primary N) is 1. The van der Waals surface area contributed by atoms with Crippen molar-refractivity contribution in [2.45, 2.75) is 0 Å². The number of hydrogen-bond acceptors (Lipinski definition) is 6. The molecule has 0 radical (unpaired) electrons. The maximum Gasteiger partial charge on any atom is 0.164 e. The first-order valence-corrected chi connectivity index (χ1v) is 9.96. The molecule has 2 aromatic carbocycles. The van der Waals surface area contributed by atoms with Crippen LogP contribution in [-0.4, -0.2) is 41.3 Å². The van der Waals surface area contributed by atoms with Crippen molar-refractivity contribution in [1.29, 1.82) is 0 Å². The van der Waals surface area contributed by atoms with Gasteiger partial charge in [0, 0.05) is 19.9 Å². The second-order valence-electron chi connectivity index (χ2n) is 6.01. The summed E-state index contributed by atoms with van der Waals surface area (Å²) >= 11 is 6.96. The van der Waals surface area contributed by atoms with Crippen LogP contribution in [0.5, 0.6) is 0 Å². The van der Waals surface area contributed by atoms with Crippen LogP contribution in [0.3, 0.4) is 0 Å². The summed E-state index contributed by atoms with van der Waals surface area (Å²) < 4.78 is 7.17. The Kier molecular flexibility index (Phi) is 5.33. The molecule has 4 rings (SSSR count). The van der Waals surface area contributed by atoms with Crippen LogP contribution in [0.4, 0.5) is 11.5 Å². The lowest BCUT2D eigenvalue weighted by Gasteiger charge is -2.22. The molecule has 0 atom stereocenters. The molecule has 1 aliphatic heterocycles. The van der Waals surface area contributed by atoms with Crippen LogP contribution in [0.15, 0.2) is 55.7 Å². The minimum atomic E-state index is 0.423. The van der Waals surface area contributed by atoms with Crippen molar-refractivity contribution in [2.75, 3.05) is 32.0 Å². The van der Waals surface area contributed by atoms with E-state index in [0.717, 1.165) is 38.5 Å². The van der Waals surface area contributed by atoms with Gasteiger partial charge in [-0.05, 0) is 36.4 Å². The number of fused-ring (bicyclic) bond motifs is 1. The number of nitrogens with zero attached hydrogens (tertiary/aromatic N) is 5. The third-order valence-corrected chi connectivity index (χ3v) is 5.14. The molecule has 138 valence electrons. The van der Waals surface area contributed by atoms with E-state index in [-0.39, 0.29) is 0 Å². The lowest BCUT2D eigenvalue weighted by atomic mass is 10.1. The third-order valence-electron chi connectivity index (χ3n) is 4.15. The van der Waals surface area contributed by atoms with E-state index >= 15 is 0 Å². The fraction of sp³-hybridized carbons (Fsp3) is 0.222. The van der Waals surface area contributed by atoms with Crippen LogP contribution in [-0.2, 0) is 4.74 Å². The minimum absolute atomic E-state index is 0.423. The summed E-state index contributed by atoms with van der Waals surface area (Å²) in [6.07, 6.45) is 0. The maximum atomic E-state index is 6.18. The first-order valence-electron chi connectivity index (χ1n) is 8.37. The van der Waals surface area contributed by atoms with Gasteiger partial charge in [0.15, 0.2) is 5.82 Å². The fourth-order valence-corrected chi connectivity index (χ4v) is 3.50. The van der Waals surface area contributed by atoms with Gasteiger partial charge < -0.3 is 10.5 Å². The molecule has 0 bridgehead atoms. The van der Waals surface area contributed by atoms with E-state index in [0.29, 0.717) is 30.5 Å². The minimum Gasteiger partial charge on any atom is -0.383 e. The van der Waals surface area contributed by atoms with Crippen molar-refractivity contribution >= 4 is 54.3 Å². The van der Waals surface area contributed by atoms with E-state index in [4.69, 9.17) is 10.5 Å². The third kappa shape index (κ3) is 4.10. The molecule has 9 heteroatoms. The van der Waals surface area contributed by atoms with E-state index in [9.17, 15) is 0 Å². The van der Waals surface area contributed by atoms with E-state index in [1.54, 1.807) is 0 Å². The Labute approximate surface area is 172 Å². The lowest BCUT2D eigenvalue weighted by molar-refractivity contribution is 0.0354. The Morgan fingerprint density at radius 2 is 1.74 bits per heavy atom. The molecule has 2 N–H and O–H groups in total. The van der Waals surface area contributed by atoms with Crippen LogP contribution < -0.4 is 5.73 Å². The molecule has 0 amide bonds. The zero-order valence-electron chi connectivity index (χ0n) is 14.3. The van der Waals surface area contributed by atoms with Gasteiger partial charge in [-0.15, -0.1) is 5.11 Å². The van der Waals surface area contributed by atoms with Crippen LogP contribution in [0.25, 0.3) is 22.3 Å². The number of rotatable bonds is 3. The van der Waals surface area contributed by atoms with Crippen molar-refractivity contribution in [2.24, 2.45) is 10.3 Å². The Morgan fingerprint density at radius 3 is 2.56 bits per heavy atom. The molecule has 3 aromatic rings. The second-order valence-corrected chi connectivity index (χ2v) is 7.84. The predicted octanol–water partition coefficient (Wildman–Crippen LogP) is 4.73. The molecule has 1 aromatic heterocycles. The first-order chi connectivity index (χ1) is 13.1. The summed E-state index contributed by atoms with van der Waals surface area (Å²) in [7, 11) is 0. The molecule has 1 aliphatic rings. The number of hydrogen-bond donors (Lipinski definition) is 1. The Morgan fingerprint density at radius 1 is 1.00 bits per heavy atom. The quantitative estimate of drug-likeness (QED) is 0.534. The average Bonchev–Trinajstić information content (AvgIpc) is 2.68. The number of halogens is 2. The summed E-state index contributed by atoms with van der Waals surface area (Å²) in [5.74, 6) is 0.937. The topological polar surface area (TPSA) is 89.0 Å². The summed E-state index contributed by atoms with van der Waals surface area (Å²) in [6, 6.07) is 11.5. The standard InChI is InChI=1S/C18H16Br2N6O/c19-11-1-3-15-13(9-11)17(21)23-18(22-15)14-10-12(20)2-4-16(14)24-25-26-5-7-27-8-6-26/h1-4,9-10H,5-8H2,(H2,21,22,23). The smallest absolute Gasteiger partial charge is 0.164 e. The van der Waals surface area contributed by atoms with Crippen molar-refractivity contribution in [3.05, 3.63) is 45.3 Å². The second kappa shape index (κ2) is 7.87. The number of aromatic nitrogens is 2. The average molecular weight is 492 g/mol. The molecule has 27 heavy (non-hydrogen) atoms. The van der Waals surface area contributed by atoms with Gasteiger partial charge >= 0.3 is 0 Å². The maximum absolute atomic E-state index is 6.18. The molecule has 7 nitrogen and oxygen atoms in total. The molecule has 1 saturated heterocycles. The zero-order chi connectivity index (χ0) is 18.8. The summed E-state index contributed by atoms with van der Waals surface area (Å²) in [5.41, 5.74) is 8.40. The van der Waals surface area contributed by atoms with Gasteiger partial charge in [0.05, 0.1) is 37.5 Å². The Balaban J connectivity index is 1.76. The van der Waals surface area contributed by atoms with Gasteiger partial charge in [0.1, 0.15) is 5.82 Å². The van der Waals surface area contributed by atoms with Crippen molar-refractivity contribution in [3.8, 4) is 11.4 Å². The monoisotopic (exact) mass is 490 g/mol. The number of anilines is 1. The summed E-state index contributed by atoms with van der Waals surface area (Å²) in [4.78, 5) is 9.17. The highest BCUT2D eigenvalue weighted by Crippen LogP contribution is 2.33. The molecule has 2 heterocycles. The number of nitrogen functional groups attached to an aromatic ring is 1. The molecule has 0 unspecified atom stereocenters. The van der Waals surface area contributed by atoms with Gasteiger partial charge in [-0.25, -0.2) is 9.97 Å². The molecule has 0 aliphatic carbocycles. The number of morpholine rings is 1. The van der Waals surface area contributed by atoms with Crippen LogP contribution in [0.1, 0.15) is 0 Å². The van der Waals surface area contributed by atoms with Crippen LogP contribution in [0, 0.1) is 0 Å². The van der Waals surface area contributed by atoms with Crippen molar-refractivity contribution in [1.82, 2.24) is 15.0 Å². The molecule has 1 fully saturated rings. The first kappa shape index (κ1) is 18.3. The summed E-state index contributed by atoms with van der Waals surface area (Å²) in [6.45, 7) is 2.77. The van der Waals surface area contributed by atoms with Crippen molar-refractivity contribution < 1.29 is 4.74 Å². The number of ether oxygens (including phenoxy) is 1. The highest BCUT2D eigenvalue weighted by Gasteiger charge is 2.13. The van der Waals surface area contributed by atoms with Crippen LogP contribution >= 0.6 is 31.9 Å².